The topological polar surface area (TPSA) is 47.3 Å². The van der Waals surface area contributed by atoms with Gasteiger partial charge in [0.05, 0.1) is 6.26 Å². The van der Waals surface area contributed by atoms with Crippen molar-refractivity contribution < 1.29 is 9.21 Å². The van der Waals surface area contributed by atoms with Crippen LogP contribution < -0.4 is 5.63 Å². The quantitative estimate of drug-likeness (QED) is 0.672. The minimum Gasteiger partial charge on any atom is -0.431 e. The molecular weight excluding hydrogens is 336 g/mol. The molecule has 4 fully saturated rings. The van der Waals surface area contributed by atoms with Gasteiger partial charge in [0.2, 0.25) is 0 Å². The molecule has 7 atom stereocenters. The maximum Gasteiger partial charge on any atom is 0.335 e. The molecule has 4 aliphatic rings. The Labute approximate surface area is 161 Å². The van der Waals surface area contributed by atoms with Gasteiger partial charge in [-0.3, -0.25) is 4.79 Å². The summed E-state index contributed by atoms with van der Waals surface area (Å²) in [5.41, 5.74) is 1.69. The second kappa shape index (κ2) is 6.06. The number of Topliss-reactive ketones (excluding diaryl/α,β-unsaturated/α-hetero) is 1. The van der Waals surface area contributed by atoms with Gasteiger partial charge in [0, 0.05) is 18.9 Å². The molecule has 1 aromatic rings. The lowest BCUT2D eigenvalue weighted by molar-refractivity contribution is -0.138. The Balaban J connectivity index is 1.44. The summed E-state index contributed by atoms with van der Waals surface area (Å²) in [4.78, 5) is 23.4. The van der Waals surface area contributed by atoms with Crippen LogP contribution in [-0.2, 0) is 4.79 Å². The summed E-state index contributed by atoms with van der Waals surface area (Å²) < 4.78 is 5.21. The molecule has 0 spiro atoms. The second-order valence-corrected chi connectivity index (χ2v) is 10.5. The molecule has 0 bridgehead atoms. The van der Waals surface area contributed by atoms with Gasteiger partial charge >= 0.3 is 5.63 Å². The first-order chi connectivity index (χ1) is 12.9. The van der Waals surface area contributed by atoms with E-state index in [0.29, 0.717) is 28.4 Å². The van der Waals surface area contributed by atoms with Gasteiger partial charge in [0.1, 0.15) is 5.78 Å². The van der Waals surface area contributed by atoms with Crippen molar-refractivity contribution in [3.05, 3.63) is 34.4 Å². The lowest BCUT2D eigenvalue weighted by Gasteiger charge is -2.60. The van der Waals surface area contributed by atoms with E-state index in [4.69, 9.17) is 4.42 Å². The zero-order valence-corrected chi connectivity index (χ0v) is 16.7. The van der Waals surface area contributed by atoms with E-state index >= 15 is 0 Å². The van der Waals surface area contributed by atoms with Gasteiger partial charge in [-0.05, 0) is 97.0 Å². The Hall–Kier alpha value is -1.38. The molecule has 4 aliphatic carbocycles. The van der Waals surface area contributed by atoms with E-state index in [1.807, 2.05) is 6.07 Å². The van der Waals surface area contributed by atoms with E-state index in [2.05, 4.69) is 13.8 Å². The van der Waals surface area contributed by atoms with Crippen molar-refractivity contribution in [1.82, 2.24) is 0 Å². The third-order valence-corrected chi connectivity index (χ3v) is 9.61. The fraction of sp³-hybridized carbons (Fsp3) is 0.750. The molecule has 4 unspecified atom stereocenters. The highest BCUT2D eigenvalue weighted by Gasteiger charge is 2.60. The van der Waals surface area contributed by atoms with Gasteiger partial charge in [-0.1, -0.05) is 13.8 Å². The average Bonchev–Trinajstić information content (AvgIpc) is 3.00. The molecule has 5 rings (SSSR count). The van der Waals surface area contributed by atoms with Crippen LogP contribution in [0.15, 0.2) is 27.6 Å². The molecule has 146 valence electrons. The summed E-state index contributed by atoms with van der Waals surface area (Å²) in [7, 11) is 0. The van der Waals surface area contributed by atoms with Crippen LogP contribution >= 0.6 is 0 Å². The minimum atomic E-state index is -0.250. The number of hydrogen-bond donors (Lipinski definition) is 0. The summed E-state index contributed by atoms with van der Waals surface area (Å²) in [6.45, 7) is 5.03. The zero-order chi connectivity index (χ0) is 18.8. The van der Waals surface area contributed by atoms with Crippen LogP contribution in [0.1, 0.15) is 83.1 Å². The van der Waals surface area contributed by atoms with Crippen LogP contribution in [-0.4, -0.2) is 5.78 Å². The largest absolute Gasteiger partial charge is 0.431 e. The molecule has 1 heterocycles. The average molecular weight is 369 g/mol. The molecule has 1 aromatic heterocycles. The predicted octanol–water partition coefficient (Wildman–Crippen LogP) is 5.34. The maximum absolute atomic E-state index is 12.0. The van der Waals surface area contributed by atoms with Crippen molar-refractivity contribution in [3.8, 4) is 0 Å². The van der Waals surface area contributed by atoms with Crippen LogP contribution in [0.25, 0.3) is 0 Å². The van der Waals surface area contributed by atoms with E-state index < -0.39 is 0 Å². The van der Waals surface area contributed by atoms with E-state index in [1.54, 1.807) is 12.3 Å². The first kappa shape index (κ1) is 17.7. The third kappa shape index (κ3) is 2.53. The first-order valence-corrected chi connectivity index (χ1v) is 11.0. The van der Waals surface area contributed by atoms with Crippen molar-refractivity contribution in [2.45, 2.75) is 77.6 Å². The Kier molecular flexibility index (Phi) is 3.97. The van der Waals surface area contributed by atoms with Crippen molar-refractivity contribution in [3.63, 3.8) is 0 Å². The summed E-state index contributed by atoms with van der Waals surface area (Å²) in [6.07, 6.45) is 12.2. The minimum absolute atomic E-state index is 0.250. The smallest absolute Gasteiger partial charge is 0.335 e. The van der Waals surface area contributed by atoms with Crippen LogP contribution in [0.5, 0.6) is 0 Å². The zero-order valence-electron chi connectivity index (χ0n) is 16.7. The van der Waals surface area contributed by atoms with Gasteiger partial charge < -0.3 is 4.42 Å². The van der Waals surface area contributed by atoms with E-state index in [-0.39, 0.29) is 5.63 Å². The molecule has 0 aromatic carbocycles. The Morgan fingerprint density at radius 2 is 1.74 bits per heavy atom. The lowest BCUT2D eigenvalue weighted by Crippen LogP contribution is -2.53. The van der Waals surface area contributed by atoms with Gasteiger partial charge in [0.25, 0.3) is 0 Å². The summed E-state index contributed by atoms with van der Waals surface area (Å²) in [5, 5.41) is 0. The van der Waals surface area contributed by atoms with E-state index in [9.17, 15) is 9.59 Å². The highest BCUT2D eigenvalue weighted by atomic mass is 16.4. The number of hydrogen-bond acceptors (Lipinski definition) is 3. The first-order valence-electron chi connectivity index (χ1n) is 11.0. The SMILES string of the molecule is C[C@]12CCC(=O)CC1CCC1C2CC[C@@]2(C)C1CC[C@@H]2c1ccc(=O)oc1. The molecule has 0 N–H and O–H groups in total. The normalized spacial score (nSPS) is 46.4. The Bertz CT molecular complexity index is 790. The van der Waals surface area contributed by atoms with Gasteiger partial charge in [-0.25, -0.2) is 4.79 Å². The van der Waals surface area contributed by atoms with E-state index in [1.165, 1.54) is 44.1 Å². The van der Waals surface area contributed by atoms with Gasteiger partial charge in [-0.2, -0.15) is 0 Å². The molecule has 3 heteroatoms. The standard InChI is InChI=1S/C24H32O3/c1-23-11-9-17(25)13-16(23)4-5-18-20-7-6-19(15-3-8-22(26)27-14-15)24(20,2)12-10-21(18)23/h3,8,14,16,18-21H,4-7,9-13H2,1-2H3/t16?,18?,19-,20?,21?,23+,24-/m1/s1. The fourth-order valence-electron chi connectivity index (χ4n) is 8.16. The van der Waals surface area contributed by atoms with Crippen LogP contribution in [0.4, 0.5) is 0 Å². The number of rotatable bonds is 1. The highest BCUT2D eigenvalue weighted by Crippen LogP contribution is 2.68. The van der Waals surface area contributed by atoms with Crippen LogP contribution in [0.2, 0.25) is 0 Å². The van der Waals surface area contributed by atoms with Crippen molar-refractivity contribution in [2.24, 2.45) is 34.5 Å². The van der Waals surface area contributed by atoms with Crippen molar-refractivity contribution in [1.29, 1.82) is 0 Å². The number of fused-ring (bicyclic) bond motifs is 5. The second-order valence-electron chi connectivity index (χ2n) is 10.5. The number of carbonyl (C=O) groups excluding carboxylic acids is 1. The molecule has 27 heavy (non-hydrogen) atoms. The third-order valence-electron chi connectivity index (χ3n) is 9.61. The fourth-order valence-corrected chi connectivity index (χ4v) is 8.16. The molecule has 0 saturated heterocycles. The molecule has 3 nitrogen and oxygen atoms in total. The van der Waals surface area contributed by atoms with E-state index in [0.717, 1.165) is 37.0 Å². The van der Waals surface area contributed by atoms with Gasteiger partial charge in [-0.15, -0.1) is 0 Å². The monoisotopic (exact) mass is 368 g/mol. The predicted molar refractivity (Wildman–Crippen MR) is 104 cm³/mol. The lowest BCUT2D eigenvalue weighted by atomic mass is 9.44. The number of carbonyl (C=O) groups is 1. The Morgan fingerprint density at radius 3 is 2.52 bits per heavy atom. The van der Waals surface area contributed by atoms with Crippen LogP contribution in [0.3, 0.4) is 0 Å². The summed E-state index contributed by atoms with van der Waals surface area (Å²) in [5.74, 6) is 4.05. The van der Waals surface area contributed by atoms with Crippen molar-refractivity contribution >= 4 is 5.78 Å². The molecule has 0 radical (unpaired) electrons. The van der Waals surface area contributed by atoms with Crippen molar-refractivity contribution in [2.75, 3.05) is 0 Å². The molecule has 4 saturated carbocycles. The molecule has 0 amide bonds. The maximum atomic E-state index is 12.0. The Morgan fingerprint density at radius 1 is 0.926 bits per heavy atom. The van der Waals surface area contributed by atoms with Gasteiger partial charge in [0.15, 0.2) is 0 Å². The molecular formula is C24H32O3. The highest BCUT2D eigenvalue weighted by molar-refractivity contribution is 5.79. The molecule has 0 aliphatic heterocycles. The number of ketones is 1. The summed E-state index contributed by atoms with van der Waals surface area (Å²) in [6, 6.07) is 3.59. The summed E-state index contributed by atoms with van der Waals surface area (Å²) >= 11 is 0. The van der Waals surface area contributed by atoms with Crippen LogP contribution in [0, 0.1) is 34.5 Å².